The molecule has 1 aliphatic carbocycles. The molecule has 0 heterocycles. The Morgan fingerprint density at radius 2 is 1.03 bits per heavy atom. The molecule has 0 bridgehead atoms. The number of hydrogen-bond acceptors (Lipinski definition) is 0. The van der Waals surface area contributed by atoms with Crippen molar-refractivity contribution in [2.24, 2.45) is 0 Å². The SMILES string of the molecule is Cc1ccc(-c2ccc(-c3ccc4c(c3)-c3ccccc3C4(C)C)c3ccccc23)cc1. The van der Waals surface area contributed by atoms with E-state index in [0.717, 1.165) is 0 Å². The molecule has 0 saturated carbocycles. The fourth-order valence-electron chi connectivity index (χ4n) is 5.42. The molecule has 6 rings (SSSR count). The Morgan fingerprint density at radius 1 is 0.469 bits per heavy atom. The summed E-state index contributed by atoms with van der Waals surface area (Å²) in [4.78, 5) is 0. The van der Waals surface area contributed by atoms with E-state index in [0.29, 0.717) is 0 Å². The number of benzene rings is 5. The molecule has 0 nitrogen and oxygen atoms in total. The predicted octanol–water partition coefficient (Wildman–Crippen LogP) is 8.79. The third kappa shape index (κ3) is 2.76. The monoisotopic (exact) mass is 410 g/mol. The molecule has 0 amide bonds. The van der Waals surface area contributed by atoms with Crippen molar-refractivity contribution in [1.82, 2.24) is 0 Å². The smallest absolute Gasteiger partial charge is 0.0158 e. The molecule has 0 radical (unpaired) electrons. The molecule has 0 fully saturated rings. The molecule has 32 heavy (non-hydrogen) atoms. The lowest BCUT2D eigenvalue weighted by Gasteiger charge is -2.21. The standard InChI is InChI=1S/C32H26/c1-21-12-14-22(15-13-21)24-17-18-25(27-9-5-4-8-26(24)27)23-16-19-31-29(20-23)28-10-6-7-11-30(28)32(31,2)3/h4-20H,1-3H3. The second-order valence-corrected chi connectivity index (χ2v) is 9.50. The molecular formula is C32H26. The van der Waals surface area contributed by atoms with Crippen molar-refractivity contribution in [3.63, 3.8) is 0 Å². The van der Waals surface area contributed by atoms with Gasteiger partial charge in [0.25, 0.3) is 0 Å². The zero-order valence-corrected chi connectivity index (χ0v) is 18.8. The van der Waals surface area contributed by atoms with Crippen LogP contribution in [0.25, 0.3) is 44.2 Å². The minimum atomic E-state index is 0.0435. The van der Waals surface area contributed by atoms with E-state index in [-0.39, 0.29) is 5.41 Å². The van der Waals surface area contributed by atoms with E-state index >= 15 is 0 Å². The van der Waals surface area contributed by atoms with Crippen LogP contribution in [0.4, 0.5) is 0 Å². The predicted molar refractivity (Wildman–Crippen MR) is 137 cm³/mol. The van der Waals surface area contributed by atoms with Gasteiger partial charge in [-0.1, -0.05) is 116 Å². The first-order chi connectivity index (χ1) is 15.5. The Bertz CT molecular complexity index is 1480. The highest BCUT2D eigenvalue weighted by Gasteiger charge is 2.35. The summed E-state index contributed by atoms with van der Waals surface area (Å²) in [6, 6.07) is 38.1. The fourth-order valence-corrected chi connectivity index (χ4v) is 5.42. The van der Waals surface area contributed by atoms with Gasteiger partial charge in [0.15, 0.2) is 0 Å². The molecule has 0 N–H and O–H groups in total. The van der Waals surface area contributed by atoms with Gasteiger partial charge in [-0.15, -0.1) is 0 Å². The number of aryl methyl sites for hydroxylation is 1. The topological polar surface area (TPSA) is 0 Å². The van der Waals surface area contributed by atoms with Gasteiger partial charge in [0.1, 0.15) is 0 Å². The minimum Gasteiger partial charge on any atom is -0.0619 e. The van der Waals surface area contributed by atoms with Crippen molar-refractivity contribution in [1.29, 1.82) is 0 Å². The van der Waals surface area contributed by atoms with E-state index in [1.54, 1.807) is 0 Å². The summed E-state index contributed by atoms with van der Waals surface area (Å²) in [5.74, 6) is 0. The molecule has 154 valence electrons. The number of rotatable bonds is 2. The van der Waals surface area contributed by atoms with E-state index in [2.05, 4.69) is 124 Å². The zero-order valence-electron chi connectivity index (χ0n) is 18.8. The Labute approximate surface area is 190 Å². The maximum absolute atomic E-state index is 2.40. The highest BCUT2D eigenvalue weighted by atomic mass is 14.4. The first-order valence-corrected chi connectivity index (χ1v) is 11.4. The molecule has 0 unspecified atom stereocenters. The lowest BCUT2D eigenvalue weighted by molar-refractivity contribution is 0.660. The van der Waals surface area contributed by atoms with Crippen LogP contribution in [0.2, 0.25) is 0 Å². The number of fused-ring (bicyclic) bond motifs is 4. The van der Waals surface area contributed by atoms with Crippen LogP contribution in [-0.2, 0) is 5.41 Å². The van der Waals surface area contributed by atoms with Crippen LogP contribution in [0.5, 0.6) is 0 Å². The lowest BCUT2D eigenvalue weighted by atomic mass is 9.82. The quantitative estimate of drug-likeness (QED) is 0.273. The highest BCUT2D eigenvalue weighted by molar-refractivity contribution is 6.05. The van der Waals surface area contributed by atoms with Crippen molar-refractivity contribution in [2.45, 2.75) is 26.2 Å². The van der Waals surface area contributed by atoms with E-state index in [1.165, 1.54) is 60.8 Å². The Morgan fingerprint density at radius 3 is 1.75 bits per heavy atom. The molecule has 0 heteroatoms. The van der Waals surface area contributed by atoms with E-state index < -0.39 is 0 Å². The fraction of sp³-hybridized carbons (Fsp3) is 0.125. The molecule has 1 aliphatic rings. The average Bonchev–Trinajstić information content (AvgIpc) is 3.06. The van der Waals surface area contributed by atoms with Crippen molar-refractivity contribution in [2.75, 3.05) is 0 Å². The maximum Gasteiger partial charge on any atom is 0.0158 e. The Kier molecular flexibility index (Phi) is 4.13. The van der Waals surface area contributed by atoms with Crippen LogP contribution in [0, 0.1) is 6.92 Å². The van der Waals surface area contributed by atoms with Crippen LogP contribution in [0.1, 0.15) is 30.5 Å². The van der Waals surface area contributed by atoms with Crippen molar-refractivity contribution in [3.8, 4) is 33.4 Å². The Balaban J connectivity index is 1.56. The zero-order chi connectivity index (χ0) is 21.9. The summed E-state index contributed by atoms with van der Waals surface area (Å²) < 4.78 is 0. The minimum absolute atomic E-state index is 0.0435. The molecule has 0 atom stereocenters. The first kappa shape index (κ1) is 19.1. The molecule has 5 aromatic rings. The van der Waals surface area contributed by atoms with Crippen LogP contribution in [-0.4, -0.2) is 0 Å². The summed E-state index contributed by atoms with van der Waals surface area (Å²) in [6.45, 7) is 6.81. The molecule has 5 aromatic carbocycles. The van der Waals surface area contributed by atoms with Gasteiger partial charge in [-0.25, -0.2) is 0 Å². The van der Waals surface area contributed by atoms with Gasteiger partial charge in [0.2, 0.25) is 0 Å². The van der Waals surface area contributed by atoms with Gasteiger partial charge in [0.05, 0.1) is 0 Å². The number of hydrogen-bond donors (Lipinski definition) is 0. The van der Waals surface area contributed by atoms with Crippen LogP contribution >= 0.6 is 0 Å². The third-order valence-electron chi connectivity index (χ3n) is 7.18. The van der Waals surface area contributed by atoms with Gasteiger partial charge in [-0.05, 0) is 68.3 Å². The molecule has 0 aliphatic heterocycles. The van der Waals surface area contributed by atoms with Crippen molar-refractivity contribution < 1.29 is 0 Å². The normalized spacial score (nSPS) is 13.7. The van der Waals surface area contributed by atoms with Crippen LogP contribution < -0.4 is 0 Å². The van der Waals surface area contributed by atoms with E-state index in [1.807, 2.05) is 0 Å². The van der Waals surface area contributed by atoms with Gasteiger partial charge < -0.3 is 0 Å². The van der Waals surface area contributed by atoms with Crippen molar-refractivity contribution in [3.05, 3.63) is 120 Å². The second kappa shape index (κ2) is 6.93. The summed E-state index contributed by atoms with van der Waals surface area (Å²) in [6.07, 6.45) is 0. The van der Waals surface area contributed by atoms with Gasteiger partial charge >= 0.3 is 0 Å². The third-order valence-corrected chi connectivity index (χ3v) is 7.18. The average molecular weight is 411 g/mol. The molecular weight excluding hydrogens is 384 g/mol. The summed E-state index contributed by atoms with van der Waals surface area (Å²) in [5, 5.41) is 2.60. The van der Waals surface area contributed by atoms with Crippen molar-refractivity contribution >= 4 is 10.8 Å². The molecule has 0 saturated heterocycles. The molecule has 0 aromatic heterocycles. The van der Waals surface area contributed by atoms with Gasteiger partial charge in [0, 0.05) is 5.41 Å². The van der Waals surface area contributed by atoms with E-state index in [9.17, 15) is 0 Å². The van der Waals surface area contributed by atoms with E-state index in [4.69, 9.17) is 0 Å². The summed E-state index contributed by atoms with van der Waals surface area (Å²) in [7, 11) is 0. The largest absolute Gasteiger partial charge is 0.0619 e. The second-order valence-electron chi connectivity index (χ2n) is 9.50. The summed E-state index contributed by atoms with van der Waals surface area (Å²) in [5.41, 5.74) is 12.0. The lowest BCUT2D eigenvalue weighted by Crippen LogP contribution is -2.14. The highest BCUT2D eigenvalue weighted by Crippen LogP contribution is 2.49. The van der Waals surface area contributed by atoms with Gasteiger partial charge in [-0.3, -0.25) is 0 Å². The molecule has 0 spiro atoms. The van der Waals surface area contributed by atoms with Crippen LogP contribution in [0.3, 0.4) is 0 Å². The summed E-state index contributed by atoms with van der Waals surface area (Å²) >= 11 is 0. The van der Waals surface area contributed by atoms with Gasteiger partial charge in [-0.2, -0.15) is 0 Å². The maximum atomic E-state index is 2.40. The Hall–Kier alpha value is -3.64. The first-order valence-electron chi connectivity index (χ1n) is 11.4. The van der Waals surface area contributed by atoms with Crippen LogP contribution in [0.15, 0.2) is 103 Å².